The number of aryl methyl sites for hydroxylation is 1. The predicted octanol–water partition coefficient (Wildman–Crippen LogP) is 1.04. The van der Waals surface area contributed by atoms with Gasteiger partial charge < -0.3 is 0 Å². The minimum absolute atomic E-state index is 0.873. The van der Waals surface area contributed by atoms with Gasteiger partial charge in [0.15, 0.2) is 5.65 Å². The van der Waals surface area contributed by atoms with E-state index in [0.29, 0.717) is 0 Å². The zero-order valence-electron chi connectivity index (χ0n) is 5.82. The lowest BCUT2D eigenvalue weighted by atomic mass is 10.5. The maximum absolute atomic E-state index is 4.15. The van der Waals surface area contributed by atoms with Gasteiger partial charge in [-0.1, -0.05) is 0 Å². The minimum atomic E-state index is 0.873. The van der Waals surface area contributed by atoms with Gasteiger partial charge in [0.1, 0.15) is 12.2 Å². The minimum Gasteiger partial charge on any atom is -0.269 e. The molecule has 5 heteroatoms. The van der Waals surface area contributed by atoms with E-state index in [4.69, 9.17) is 0 Å². The van der Waals surface area contributed by atoms with Crippen LogP contribution < -0.4 is 0 Å². The second-order valence-electron chi connectivity index (χ2n) is 2.18. The molecule has 0 atom stereocenters. The molecule has 0 bridgehead atoms. The van der Waals surface area contributed by atoms with Gasteiger partial charge in [-0.3, -0.25) is 4.40 Å². The number of hydrogen-bond acceptors (Lipinski definition) is 3. The summed E-state index contributed by atoms with van der Waals surface area (Å²) in [7, 11) is 0. The Morgan fingerprint density at radius 3 is 3.09 bits per heavy atom. The summed E-state index contributed by atoms with van der Waals surface area (Å²) in [6.45, 7) is 1.92. The van der Waals surface area contributed by atoms with E-state index in [1.54, 1.807) is 12.5 Å². The summed E-state index contributed by atoms with van der Waals surface area (Å²) in [5.41, 5.74) is 0.873. The first-order valence-corrected chi connectivity index (χ1v) is 4.18. The maximum Gasteiger partial charge on any atom is 0.177 e. The third kappa shape index (κ3) is 0.991. The van der Waals surface area contributed by atoms with Crippen molar-refractivity contribution in [3.05, 3.63) is 21.9 Å². The Morgan fingerprint density at radius 2 is 2.36 bits per heavy atom. The normalized spacial score (nSPS) is 10.7. The summed E-state index contributed by atoms with van der Waals surface area (Å²) in [5.74, 6) is 0.908. The second-order valence-corrected chi connectivity index (χ2v) is 3.34. The molecule has 0 aromatic carbocycles. The van der Waals surface area contributed by atoms with E-state index < -0.39 is 0 Å². The number of halogens is 1. The number of nitrogens with zero attached hydrogens (tertiary/aromatic N) is 4. The van der Waals surface area contributed by atoms with Crippen LogP contribution in [0, 0.1) is 10.5 Å². The Morgan fingerprint density at radius 1 is 1.55 bits per heavy atom. The zero-order valence-corrected chi connectivity index (χ0v) is 7.98. The van der Waals surface area contributed by atoms with Gasteiger partial charge in [-0.25, -0.2) is 4.98 Å². The third-order valence-electron chi connectivity index (χ3n) is 1.47. The van der Waals surface area contributed by atoms with Crippen molar-refractivity contribution in [1.29, 1.82) is 0 Å². The Balaban J connectivity index is 2.96. The lowest BCUT2D eigenvalue weighted by Crippen LogP contribution is -1.95. The first kappa shape index (κ1) is 6.96. The van der Waals surface area contributed by atoms with Crippen molar-refractivity contribution in [2.24, 2.45) is 0 Å². The Bertz CT molecular complexity index is 358. The van der Waals surface area contributed by atoms with E-state index in [9.17, 15) is 0 Å². The zero-order chi connectivity index (χ0) is 7.84. The van der Waals surface area contributed by atoms with E-state index in [0.717, 1.165) is 15.0 Å². The topological polar surface area (TPSA) is 43.1 Å². The van der Waals surface area contributed by atoms with Gasteiger partial charge in [-0.2, -0.15) is 0 Å². The van der Waals surface area contributed by atoms with Gasteiger partial charge >= 0.3 is 0 Å². The summed E-state index contributed by atoms with van der Waals surface area (Å²) in [5, 5.41) is 7.74. The Hall–Kier alpha value is -0.720. The molecule has 0 fully saturated rings. The van der Waals surface area contributed by atoms with Crippen LogP contribution >= 0.6 is 22.6 Å². The van der Waals surface area contributed by atoms with Gasteiger partial charge in [0, 0.05) is 6.20 Å². The number of fused-ring (bicyclic) bond motifs is 1. The van der Waals surface area contributed by atoms with Crippen molar-refractivity contribution in [2.75, 3.05) is 0 Å². The average Bonchev–Trinajstić information content (AvgIpc) is 2.45. The molecule has 4 nitrogen and oxygen atoms in total. The van der Waals surface area contributed by atoms with Gasteiger partial charge in [0.25, 0.3) is 0 Å². The fraction of sp³-hybridized carbons (Fsp3) is 0.167. The lowest BCUT2D eigenvalue weighted by molar-refractivity contribution is 0.975. The molecule has 0 amide bonds. The molecule has 2 heterocycles. The summed E-state index contributed by atoms with van der Waals surface area (Å²) in [4.78, 5) is 4.15. The van der Waals surface area contributed by atoms with Crippen molar-refractivity contribution in [3.8, 4) is 0 Å². The fourth-order valence-corrected chi connectivity index (χ4v) is 1.41. The van der Waals surface area contributed by atoms with Gasteiger partial charge in [0.05, 0.1) is 3.57 Å². The van der Waals surface area contributed by atoms with E-state index in [2.05, 4.69) is 37.8 Å². The molecule has 0 aliphatic carbocycles. The summed E-state index contributed by atoms with van der Waals surface area (Å²) in [6.07, 6.45) is 3.46. The van der Waals surface area contributed by atoms with Crippen LogP contribution in [0.25, 0.3) is 5.65 Å². The third-order valence-corrected chi connectivity index (χ3v) is 2.24. The molecule has 0 spiro atoms. The lowest BCUT2D eigenvalue weighted by Gasteiger charge is -1.96. The molecular formula is C6H5IN4. The molecule has 0 aliphatic heterocycles. The van der Waals surface area contributed by atoms with Crippen LogP contribution in [0.5, 0.6) is 0 Å². The Labute approximate surface area is 76.8 Å². The molecule has 0 saturated carbocycles. The number of rotatable bonds is 0. The summed E-state index contributed by atoms with van der Waals surface area (Å²) < 4.78 is 2.88. The van der Waals surface area contributed by atoms with Gasteiger partial charge in [0.2, 0.25) is 0 Å². The summed E-state index contributed by atoms with van der Waals surface area (Å²) >= 11 is 2.19. The first-order valence-electron chi connectivity index (χ1n) is 3.10. The SMILES string of the molecule is Cc1ncc(I)c2nncn12. The molecular weight excluding hydrogens is 255 g/mol. The second kappa shape index (κ2) is 2.40. The monoisotopic (exact) mass is 260 g/mol. The van der Waals surface area contributed by atoms with E-state index in [-0.39, 0.29) is 0 Å². The molecule has 0 saturated heterocycles. The molecule has 0 N–H and O–H groups in total. The van der Waals surface area contributed by atoms with Crippen LogP contribution in [0.15, 0.2) is 12.5 Å². The van der Waals surface area contributed by atoms with Crippen molar-refractivity contribution in [3.63, 3.8) is 0 Å². The quantitative estimate of drug-likeness (QED) is 0.664. The largest absolute Gasteiger partial charge is 0.269 e. The van der Waals surface area contributed by atoms with Crippen LogP contribution in [0.1, 0.15) is 5.82 Å². The van der Waals surface area contributed by atoms with Gasteiger partial charge in [-0.15, -0.1) is 10.2 Å². The van der Waals surface area contributed by atoms with E-state index in [1.165, 1.54) is 0 Å². The van der Waals surface area contributed by atoms with Crippen molar-refractivity contribution >= 4 is 28.2 Å². The maximum atomic E-state index is 4.15. The first-order chi connectivity index (χ1) is 5.29. The smallest absolute Gasteiger partial charge is 0.177 e. The highest BCUT2D eigenvalue weighted by molar-refractivity contribution is 14.1. The van der Waals surface area contributed by atoms with Crippen molar-refractivity contribution in [1.82, 2.24) is 19.6 Å². The Kier molecular flexibility index (Phi) is 1.52. The van der Waals surface area contributed by atoms with E-state index >= 15 is 0 Å². The number of hydrogen-bond donors (Lipinski definition) is 0. The van der Waals surface area contributed by atoms with Crippen molar-refractivity contribution in [2.45, 2.75) is 6.92 Å². The molecule has 2 rings (SSSR count). The standard InChI is InChI=1S/C6H5IN4/c1-4-8-2-5(7)6-10-9-3-11(4)6/h2-3H,1H3. The summed E-state index contributed by atoms with van der Waals surface area (Å²) in [6, 6.07) is 0. The molecule has 2 aromatic rings. The molecule has 2 aromatic heterocycles. The highest BCUT2D eigenvalue weighted by Gasteiger charge is 2.02. The fourth-order valence-electron chi connectivity index (χ4n) is 0.905. The van der Waals surface area contributed by atoms with Gasteiger partial charge in [-0.05, 0) is 29.5 Å². The molecule has 11 heavy (non-hydrogen) atoms. The van der Waals surface area contributed by atoms with E-state index in [1.807, 2.05) is 11.3 Å². The molecule has 0 aliphatic rings. The molecule has 0 radical (unpaired) electrons. The average molecular weight is 260 g/mol. The molecule has 56 valence electrons. The predicted molar refractivity (Wildman–Crippen MR) is 48.2 cm³/mol. The number of aromatic nitrogens is 4. The molecule has 0 unspecified atom stereocenters. The van der Waals surface area contributed by atoms with Crippen LogP contribution in [0.3, 0.4) is 0 Å². The highest BCUT2D eigenvalue weighted by Crippen LogP contribution is 2.09. The highest BCUT2D eigenvalue weighted by atomic mass is 127. The van der Waals surface area contributed by atoms with Crippen LogP contribution in [0.2, 0.25) is 0 Å². The van der Waals surface area contributed by atoms with Crippen LogP contribution in [0.4, 0.5) is 0 Å². The van der Waals surface area contributed by atoms with Crippen LogP contribution in [-0.2, 0) is 0 Å². The van der Waals surface area contributed by atoms with Crippen molar-refractivity contribution < 1.29 is 0 Å². The van der Waals surface area contributed by atoms with Crippen LogP contribution in [-0.4, -0.2) is 19.6 Å².